The predicted octanol–water partition coefficient (Wildman–Crippen LogP) is 0.673. The smallest absolute Gasteiger partial charge is 0.158 e. The van der Waals surface area contributed by atoms with Crippen molar-refractivity contribution in [1.82, 2.24) is 5.32 Å². The van der Waals surface area contributed by atoms with E-state index in [0.717, 1.165) is 24.7 Å². The molecule has 10 heavy (non-hydrogen) atoms. The van der Waals surface area contributed by atoms with E-state index in [4.69, 9.17) is 4.74 Å². The number of methoxy groups -OCH3 is 1. The van der Waals surface area contributed by atoms with Gasteiger partial charge in [-0.1, -0.05) is 11.8 Å². The summed E-state index contributed by atoms with van der Waals surface area (Å²) in [6.07, 6.45) is 1.15. The van der Waals surface area contributed by atoms with Crippen LogP contribution in [0.15, 0.2) is 4.99 Å². The Labute approximate surface area is 65.2 Å². The lowest BCUT2D eigenvalue weighted by Crippen LogP contribution is -2.27. The van der Waals surface area contributed by atoms with Crippen molar-refractivity contribution in [2.75, 3.05) is 26.1 Å². The molecule has 0 aliphatic carbocycles. The molecule has 3 nitrogen and oxygen atoms in total. The van der Waals surface area contributed by atoms with Crippen LogP contribution in [0.4, 0.5) is 0 Å². The average Bonchev–Trinajstić information content (AvgIpc) is 2.03. The number of hydrogen-bond donors (Lipinski definition) is 1. The molecule has 0 aromatic rings. The van der Waals surface area contributed by atoms with Crippen molar-refractivity contribution >= 4 is 16.9 Å². The second-order valence-electron chi connectivity index (χ2n) is 2.02. The summed E-state index contributed by atoms with van der Waals surface area (Å²) in [5.74, 6) is 0.686. The van der Waals surface area contributed by atoms with Crippen LogP contribution in [0.2, 0.25) is 0 Å². The molecule has 0 amide bonds. The van der Waals surface area contributed by atoms with Crippen molar-refractivity contribution in [2.24, 2.45) is 4.99 Å². The minimum Gasteiger partial charge on any atom is -0.374 e. The molecule has 0 aromatic heterocycles. The molecular weight excluding hydrogens is 148 g/mol. The van der Waals surface area contributed by atoms with Gasteiger partial charge in [0.1, 0.15) is 0 Å². The zero-order valence-electron chi connectivity index (χ0n) is 6.09. The summed E-state index contributed by atoms with van der Waals surface area (Å²) in [5.41, 5.74) is 0. The van der Waals surface area contributed by atoms with Gasteiger partial charge in [-0.15, -0.1) is 0 Å². The maximum absolute atomic E-state index is 4.89. The molecule has 4 heteroatoms. The molecule has 0 radical (unpaired) electrons. The first-order valence-corrected chi connectivity index (χ1v) is 4.32. The van der Waals surface area contributed by atoms with Gasteiger partial charge in [0.05, 0.1) is 5.94 Å². The summed E-state index contributed by atoms with van der Waals surface area (Å²) < 4.78 is 4.89. The number of amidine groups is 1. The lowest BCUT2D eigenvalue weighted by Gasteiger charge is -2.12. The van der Waals surface area contributed by atoms with Crippen LogP contribution in [-0.4, -0.2) is 31.3 Å². The molecule has 0 bridgehead atoms. The van der Waals surface area contributed by atoms with Crippen molar-refractivity contribution in [3.8, 4) is 0 Å². The molecular formula is C6H12N2OS. The first kappa shape index (κ1) is 7.88. The van der Waals surface area contributed by atoms with Gasteiger partial charge in [-0.05, 0) is 6.42 Å². The van der Waals surface area contributed by atoms with Crippen LogP contribution in [-0.2, 0) is 4.74 Å². The zero-order chi connectivity index (χ0) is 7.23. The summed E-state index contributed by atoms with van der Waals surface area (Å²) in [7, 11) is 1.69. The highest BCUT2D eigenvalue weighted by molar-refractivity contribution is 8.13. The number of ether oxygens (including phenoxy) is 1. The second-order valence-corrected chi connectivity index (χ2v) is 2.93. The Morgan fingerprint density at radius 2 is 2.70 bits per heavy atom. The van der Waals surface area contributed by atoms with E-state index in [1.54, 1.807) is 18.9 Å². The number of hydrogen-bond acceptors (Lipinski definition) is 4. The maximum atomic E-state index is 4.89. The molecule has 0 aromatic carbocycles. The van der Waals surface area contributed by atoms with Gasteiger partial charge in [-0.25, -0.2) is 0 Å². The van der Waals surface area contributed by atoms with Gasteiger partial charge >= 0.3 is 0 Å². The predicted molar refractivity (Wildman–Crippen MR) is 44.4 cm³/mol. The Bertz CT molecular complexity index is 127. The SMILES string of the molecule is COCSC1=NCCCN1. The number of aliphatic imine (C=N–C) groups is 1. The molecule has 1 N–H and O–H groups in total. The Hall–Kier alpha value is -0.220. The topological polar surface area (TPSA) is 33.6 Å². The largest absolute Gasteiger partial charge is 0.374 e. The van der Waals surface area contributed by atoms with Crippen LogP contribution in [0.3, 0.4) is 0 Å². The minimum absolute atomic E-state index is 0.686. The number of nitrogens with one attached hydrogen (secondary N) is 1. The molecule has 0 saturated heterocycles. The molecule has 1 aliphatic rings. The Morgan fingerprint density at radius 1 is 1.80 bits per heavy atom. The molecule has 0 atom stereocenters. The van der Waals surface area contributed by atoms with E-state index in [-0.39, 0.29) is 0 Å². The van der Waals surface area contributed by atoms with Gasteiger partial charge in [-0.3, -0.25) is 4.99 Å². The number of thioether (sulfide) groups is 1. The van der Waals surface area contributed by atoms with Gasteiger partial charge in [0.2, 0.25) is 0 Å². The fourth-order valence-electron chi connectivity index (χ4n) is 0.722. The fraction of sp³-hybridized carbons (Fsp3) is 0.833. The van der Waals surface area contributed by atoms with Crippen LogP contribution < -0.4 is 5.32 Å². The minimum atomic E-state index is 0.686. The van der Waals surface area contributed by atoms with Gasteiger partial charge in [0.15, 0.2) is 5.17 Å². The normalized spacial score (nSPS) is 17.9. The lowest BCUT2D eigenvalue weighted by atomic mass is 10.4. The van der Waals surface area contributed by atoms with Crippen molar-refractivity contribution in [1.29, 1.82) is 0 Å². The Kier molecular flexibility index (Phi) is 3.60. The first-order valence-electron chi connectivity index (χ1n) is 3.33. The van der Waals surface area contributed by atoms with Crippen LogP contribution in [0.5, 0.6) is 0 Å². The zero-order valence-corrected chi connectivity index (χ0v) is 6.91. The molecule has 1 aliphatic heterocycles. The molecule has 58 valence electrons. The highest BCUT2D eigenvalue weighted by atomic mass is 32.2. The Morgan fingerprint density at radius 3 is 3.30 bits per heavy atom. The maximum Gasteiger partial charge on any atom is 0.158 e. The van der Waals surface area contributed by atoms with Crippen molar-refractivity contribution in [3.63, 3.8) is 0 Å². The highest BCUT2D eigenvalue weighted by Gasteiger charge is 2.02. The molecule has 0 saturated carbocycles. The van der Waals surface area contributed by atoms with Crippen molar-refractivity contribution in [3.05, 3.63) is 0 Å². The molecule has 0 spiro atoms. The van der Waals surface area contributed by atoms with Gasteiger partial charge in [-0.2, -0.15) is 0 Å². The highest BCUT2D eigenvalue weighted by Crippen LogP contribution is 2.04. The lowest BCUT2D eigenvalue weighted by molar-refractivity contribution is 0.259. The van der Waals surface area contributed by atoms with Gasteiger partial charge in [0.25, 0.3) is 0 Å². The van der Waals surface area contributed by atoms with Crippen LogP contribution >= 0.6 is 11.8 Å². The standard InChI is InChI=1S/C6H12N2OS/c1-9-5-10-6-7-3-2-4-8-6/h2-5H2,1H3,(H,7,8). The number of rotatable bonds is 2. The van der Waals surface area contributed by atoms with Crippen LogP contribution in [0.1, 0.15) is 6.42 Å². The van der Waals surface area contributed by atoms with E-state index in [0.29, 0.717) is 5.94 Å². The van der Waals surface area contributed by atoms with Gasteiger partial charge in [0, 0.05) is 20.2 Å². The first-order chi connectivity index (χ1) is 4.93. The van der Waals surface area contributed by atoms with E-state index in [2.05, 4.69) is 10.3 Å². The third-order valence-corrected chi connectivity index (χ3v) is 2.08. The average molecular weight is 160 g/mol. The summed E-state index contributed by atoms with van der Waals surface area (Å²) >= 11 is 1.61. The van der Waals surface area contributed by atoms with Crippen molar-refractivity contribution < 1.29 is 4.74 Å². The Balaban J connectivity index is 2.18. The van der Waals surface area contributed by atoms with Crippen LogP contribution in [0, 0.1) is 0 Å². The summed E-state index contributed by atoms with van der Waals surface area (Å²) in [4.78, 5) is 4.26. The third-order valence-electron chi connectivity index (χ3n) is 1.18. The van der Waals surface area contributed by atoms with E-state index >= 15 is 0 Å². The molecule has 1 heterocycles. The monoisotopic (exact) mass is 160 g/mol. The molecule has 0 fully saturated rings. The quantitative estimate of drug-likeness (QED) is 0.603. The van der Waals surface area contributed by atoms with Crippen LogP contribution in [0.25, 0.3) is 0 Å². The van der Waals surface area contributed by atoms with E-state index in [9.17, 15) is 0 Å². The van der Waals surface area contributed by atoms with E-state index in [1.807, 2.05) is 0 Å². The summed E-state index contributed by atoms with van der Waals surface area (Å²) in [6, 6.07) is 0. The van der Waals surface area contributed by atoms with Gasteiger partial charge < -0.3 is 10.1 Å². The molecule has 0 unspecified atom stereocenters. The number of nitrogens with zero attached hydrogens (tertiary/aromatic N) is 1. The molecule has 1 rings (SSSR count). The van der Waals surface area contributed by atoms with Crippen molar-refractivity contribution in [2.45, 2.75) is 6.42 Å². The summed E-state index contributed by atoms with van der Waals surface area (Å²) in [6.45, 7) is 2.01. The van der Waals surface area contributed by atoms with E-state index < -0.39 is 0 Å². The fourth-order valence-corrected chi connectivity index (χ4v) is 1.34. The second kappa shape index (κ2) is 4.57. The third kappa shape index (κ3) is 2.58. The summed E-state index contributed by atoms with van der Waals surface area (Å²) in [5, 5.41) is 4.21. The van der Waals surface area contributed by atoms with E-state index in [1.165, 1.54) is 0 Å².